The van der Waals surface area contributed by atoms with Crippen molar-refractivity contribution in [2.75, 3.05) is 7.11 Å². The fraction of sp³-hybridized carbons (Fsp3) is 0.0952. The van der Waals surface area contributed by atoms with E-state index in [2.05, 4.69) is 53.9 Å². The van der Waals surface area contributed by atoms with Crippen LogP contribution in [0, 0.1) is 0 Å². The van der Waals surface area contributed by atoms with Gasteiger partial charge in [0.15, 0.2) is 0 Å². The number of rotatable bonds is 2. The van der Waals surface area contributed by atoms with Crippen molar-refractivity contribution in [3.05, 3.63) is 71.1 Å². The minimum Gasteiger partial charge on any atom is -0.497 e. The summed E-state index contributed by atoms with van der Waals surface area (Å²) in [4.78, 5) is 6.24. The summed E-state index contributed by atoms with van der Waals surface area (Å²) in [6.45, 7) is 0. The van der Waals surface area contributed by atoms with Gasteiger partial charge in [0, 0.05) is 11.8 Å². The molecule has 0 amide bonds. The molecule has 116 valence electrons. The molecule has 1 aliphatic rings. The summed E-state index contributed by atoms with van der Waals surface area (Å²) >= 11 is 1.75. The molecular weight excluding hydrogens is 314 g/mol. The number of ether oxygens (including phenoxy) is 1. The second kappa shape index (κ2) is 5.18. The van der Waals surface area contributed by atoms with Crippen LogP contribution in [-0.4, -0.2) is 12.1 Å². The molecule has 2 nitrogen and oxygen atoms in total. The van der Waals surface area contributed by atoms with Gasteiger partial charge >= 0.3 is 0 Å². The number of aromatic nitrogens is 1. The van der Waals surface area contributed by atoms with Crippen molar-refractivity contribution in [1.82, 2.24) is 4.98 Å². The van der Waals surface area contributed by atoms with Crippen LogP contribution in [0.25, 0.3) is 32.6 Å². The molecule has 0 bridgehead atoms. The lowest BCUT2D eigenvalue weighted by Gasteiger charge is -2.12. The molecule has 0 aliphatic heterocycles. The highest BCUT2D eigenvalue weighted by Gasteiger charge is 2.25. The van der Waals surface area contributed by atoms with Crippen molar-refractivity contribution in [2.24, 2.45) is 0 Å². The Hall–Kier alpha value is -2.65. The molecule has 0 radical (unpaired) electrons. The van der Waals surface area contributed by atoms with Gasteiger partial charge in [0.1, 0.15) is 5.75 Å². The van der Waals surface area contributed by atoms with Gasteiger partial charge < -0.3 is 4.74 Å². The first kappa shape index (κ1) is 13.8. The van der Waals surface area contributed by atoms with Crippen LogP contribution in [0.2, 0.25) is 0 Å². The molecule has 5 rings (SSSR count). The molecule has 0 unspecified atom stereocenters. The van der Waals surface area contributed by atoms with Gasteiger partial charge in [-0.05, 0) is 51.9 Å². The number of pyridine rings is 1. The van der Waals surface area contributed by atoms with Crippen LogP contribution in [0.4, 0.5) is 0 Å². The van der Waals surface area contributed by atoms with E-state index in [4.69, 9.17) is 9.72 Å². The zero-order chi connectivity index (χ0) is 16.1. The van der Waals surface area contributed by atoms with E-state index in [0.29, 0.717) is 0 Å². The number of nitrogens with zero attached hydrogens (tertiary/aromatic N) is 1. The third-order valence-electron chi connectivity index (χ3n) is 4.70. The van der Waals surface area contributed by atoms with E-state index in [1.807, 2.05) is 6.07 Å². The lowest BCUT2D eigenvalue weighted by atomic mass is 9.99. The molecule has 0 fully saturated rings. The summed E-state index contributed by atoms with van der Waals surface area (Å²) in [5, 5.41) is 3.29. The number of hydrogen-bond acceptors (Lipinski definition) is 3. The van der Waals surface area contributed by atoms with Crippen molar-refractivity contribution in [1.29, 1.82) is 0 Å². The summed E-state index contributed by atoms with van der Waals surface area (Å²) in [7, 11) is 1.71. The Bertz CT molecular complexity index is 1070. The van der Waals surface area contributed by atoms with E-state index in [1.54, 1.807) is 18.4 Å². The predicted octanol–water partition coefficient (Wildman–Crippen LogP) is 5.54. The lowest BCUT2D eigenvalue weighted by Crippen LogP contribution is -1.94. The van der Waals surface area contributed by atoms with Gasteiger partial charge in [0.05, 0.1) is 23.2 Å². The zero-order valence-corrected chi connectivity index (χ0v) is 14.1. The predicted molar refractivity (Wildman–Crippen MR) is 99.9 cm³/mol. The molecule has 2 aromatic heterocycles. The summed E-state index contributed by atoms with van der Waals surface area (Å²) in [5.74, 6) is 0.875. The first-order valence-corrected chi connectivity index (χ1v) is 8.86. The first-order chi connectivity index (χ1) is 11.8. The minimum absolute atomic E-state index is 0.875. The zero-order valence-electron chi connectivity index (χ0n) is 13.2. The van der Waals surface area contributed by atoms with E-state index in [9.17, 15) is 0 Å². The Labute approximate surface area is 144 Å². The molecule has 1 aliphatic carbocycles. The average Bonchev–Trinajstić information content (AvgIpc) is 3.28. The van der Waals surface area contributed by atoms with Gasteiger partial charge in [-0.1, -0.05) is 30.3 Å². The number of thiophene rings is 1. The Morgan fingerprint density at radius 2 is 1.96 bits per heavy atom. The van der Waals surface area contributed by atoms with Crippen molar-refractivity contribution < 1.29 is 4.74 Å². The van der Waals surface area contributed by atoms with Crippen LogP contribution in [0.1, 0.15) is 11.1 Å². The summed E-state index contributed by atoms with van der Waals surface area (Å²) < 4.78 is 5.45. The second-order valence-corrected chi connectivity index (χ2v) is 6.96. The molecule has 0 saturated heterocycles. The van der Waals surface area contributed by atoms with Crippen LogP contribution < -0.4 is 4.74 Å². The Kier molecular flexibility index (Phi) is 2.97. The van der Waals surface area contributed by atoms with E-state index in [-0.39, 0.29) is 0 Å². The van der Waals surface area contributed by atoms with Crippen LogP contribution in [0.5, 0.6) is 5.75 Å². The molecule has 3 heteroatoms. The maximum Gasteiger partial charge on any atom is 0.119 e. The van der Waals surface area contributed by atoms with Crippen LogP contribution in [0.3, 0.4) is 0 Å². The highest BCUT2D eigenvalue weighted by atomic mass is 32.1. The third kappa shape index (κ3) is 1.91. The largest absolute Gasteiger partial charge is 0.497 e. The smallest absolute Gasteiger partial charge is 0.119 e. The molecule has 2 heterocycles. The molecule has 0 atom stereocenters. The van der Waals surface area contributed by atoms with Gasteiger partial charge in [-0.15, -0.1) is 11.3 Å². The van der Waals surface area contributed by atoms with Crippen LogP contribution in [0.15, 0.2) is 60.0 Å². The minimum atomic E-state index is 0.875. The van der Waals surface area contributed by atoms with E-state index in [1.165, 1.54) is 32.5 Å². The van der Waals surface area contributed by atoms with Crippen molar-refractivity contribution >= 4 is 22.2 Å². The summed E-state index contributed by atoms with van der Waals surface area (Å²) in [6, 6.07) is 19.1. The standard InChI is InChI=1S/C21H15NOS/c1-23-14-8-9-18-16(12-14)20-15-6-3-2-5-13(15)11-17(20)21(22-18)19-7-4-10-24-19/h2-10,12H,11H2,1H3. The topological polar surface area (TPSA) is 22.1 Å². The number of benzene rings is 2. The highest BCUT2D eigenvalue weighted by Crippen LogP contribution is 2.45. The normalized spacial score (nSPS) is 12.2. The number of fused-ring (bicyclic) bond motifs is 5. The van der Waals surface area contributed by atoms with E-state index in [0.717, 1.165) is 23.4 Å². The highest BCUT2D eigenvalue weighted by molar-refractivity contribution is 7.13. The molecule has 0 N–H and O–H groups in total. The fourth-order valence-corrected chi connectivity index (χ4v) is 4.36. The Morgan fingerprint density at radius 3 is 2.79 bits per heavy atom. The molecule has 24 heavy (non-hydrogen) atoms. The molecule has 0 saturated carbocycles. The summed E-state index contributed by atoms with van der Waals surface area (Å²) in [5.41, 5.74) is 7.49. The average molecular weight is 329 g/mol. The van der Waals surface area contributed by atoms with Gasteiger partial charge in [-0.25, -0.2) is 4.98 Å². The number of methoxy groups -OCH3 is 1. The maximum atomic E-state index is 5.45. The van der Waals surface area contributed by atoms with Crippen molar-refractivity contribution in [3.63, 3.8) is 0 Å². The quantitative estimate of drug-likeness (QED) is 0.424. The molecule has 4 aromatic rings. The lowest BCUT2D eigenvalue weighted by molar-refractivity contribution is 0.415. The van der Waals surface area contributed by atoms with E-state index < -0.39 is 0 Å². The second-order valence-electron chi connectivity index (χ2n) is 6.01. The fourth-order valence-electron chi connectivity index (χ4n) is 3.61. The van der Waals surface area contributed by atoms with Crippen LogP contribution in [-0.2, 0) is 6.42 Å². The van der Waals surface area contributed by atoms with Crippen LogP contribution >= 0.6 is 11.3 Å². The first-order valence-electron chi connectivity index (χ1n) is 7.98. The number of hydrogen-bond donors (Lipinski definition) is 0. The molecule has 2 aromatic carbocycles. The van der Waals surface area contributed by atoms with E-state index >= 15 is 0 Å². The third-order valence-corrected chi connectivity index (χ3v) is 5.58. The van der Waals surface area contributed by atoms with Crippen molar-refractivity contribution in [2.45, 2.75) is 6.42 Å². The molecular formula is C21H15NOS. The van der Waals surface area contributed by atoms with Gasteiger partial charge in [0.25, 0.3) is 0 Å². The van der Waals surface area contributed by atoms with Gasteiger partial charge in [0.2, 0.25) is 0 Å². The monoisotopic (exact) mass is 329 g/mol. The summed E-state index contributed by atoms with van der Waals surface area (Å²) in [6.07, 6.45) is 0.943. The maximum absolute atomic E-state index is 5.45. The SMILES string of the molecule is COc1ccc2nc(-c3cccs3)c3c(c2c1)-c1ccccc1C3. The van der Waals surface area contributed by atoms with Gasteiger partial charge in [-0.2, -0.15) is 0 Å². The Morgan fingerprint density at radius 1 is 1.04 bits per heavy atom. The van der Waals surface area contributed by atoms with Gasteiger partial charge in [-0.3, -0.25) is 0 Å². The molecule has 0 spiro atoms. The Balaban J connectivity index is 1.91. The van der Waals surface area contributed by atoms with Crippen molar-refractivity contribution in [3.8, 4) is 27.4 Å².